The van der Waals surface area contributed by atoms with Crippen molar-refractivity contribution < 1.29 is 9.47 Å². The van der Waals surface area contributed by atoms with Crippen LogP contribution in [0.2, 0.25) is 5.02 Å². The van der Waals surface area contributed by atoms with Crippen molar-refractivity contribution in [3.63, 3.8) is 0 Å². The lowest BCUT2D eigenvalue weighted by Crippen LogP contribution is -2.15. The van der Waals surface area contributed by atoms with Gasteiger partial charge >= 0.3 is 0 Å². The maximum absolute atomic E-state index is 6.35. The first-order valence-corrected chi connectivity index (χ1v) is 6.21. The Kier molecular flexibility index (Phi) is 3.79. The van der Waals surface area contributed by atoms with E-state index < -0.39 is 0 Å². The van der Waals surface area contributed by atoms with E-state index in [1.807, 2.05) is 13.0 Å². The summed E-state index contributed by atoms with van der Waals surface area (Å²) in [5, 5.41) is 4.21. The van der Waals surface area contributed by atoms with Crippen molar-refractivity contribution in [2.75, 3.05) is 20.8 Å². The van der Waals surface area contributed by atoms with E-state index in [-0.39, 0.29) is 0 Å². The fourth-order valence-corrected chi connectivity index (χ4v) is 2.88. The van der Waals surface area contributed by atoms with Gasteiger partial charge in [-0.15, -0.1) is 0 Å². The Bertz CT molecular complexity index is 414. The van der Waals surface area contributed by atoms with Crippen LogP contribution in [0.15, 0.2) is 6.07 Å². The van der Waals surface area contributed by atoms with Crippen LogP contribution < -0.4 is 14.8 Å². The van der Waals surface area contributed by atoms with Gasteiger partial charge in [0.15, 0.2) is 11.5 Å². The molecule has 0 aromatic heterocycles. The van der Waals surface area contributed by atoms with Crippen LogP contribution in [0.1, 0.15) is 30.0 Å². The third-order valence-corrected chi connectivity index (χ3v) is 3.63. The van der Waals surface area contributed by atoms with Crippen LogP contribution in [0.3, 0.4) is 0 Å². The summed E-state index contributed by atoms with van der Waals surface area (Å²) in [4.78, 5) is 0. The molecule has 1 unspecified atom stereocenters. The molecule has 1 aromatic rings. The molecular formula is C13H18ClNO2. The Morgan fingerprint density at radius 1 is 1.35 bits per heavy atom. The van der Waals surface area contributed by atoms with Crippen molar-refractivity contribution in [1.29, 1.82) is 0 Å². The van der Waals surface area contributed by atoms with Crippen LogP contribution in [0.4, 0.5) is 0 Å². The summed E-state index contributed by atoms with van der Waals surface area (Å²) in [6, 6.07) is 2.17. The smallest absolute Gasteiger partial charge is 0.164 e. The summed E-state index contributed by atoms with van der Waals surface area (Å²) in [5.41, 5.74) is 2.21. The van der Waals surface area contributed by atoms with Crippen molar-refractivity contribution in [3.05, 3.63) is 22.2 Å². The van der Waals surface area contributed by atoms with Crippen molar-refractivity contribution in [2.45, 2.75) is 25.8 Å². The van der Waals surface area contributed by atoms with Gasteiger partial charge in [0.05, 0.1) is 14.2 Å². The highest BCUT2D eigenvalue weighted by atomic mass is 35.5. The molecule has 1 aromatic carbocycles. The van der Waals surface area contributed by atoms with Gasteiger partial charge in [-0.1, -0.05) is 11.6 Å². The number of halogens is 1. The maximum atomic E-state index is 6.35. The molecule has 1 aliphatic rings. The van der Waals surface area contributed by atoms with Gasteiger partial charge in [-0.25, -0.2) is 0 Å². The average Bonchev–Trinajstić information content (AvgIpc) is 2.82. The zero-order valence-electron chi connectivity index (χ0n) is 10.5. The molecule has 4 heteroatoms. The highest BCUT2D eigenvalue weighted by molar-refractivity contribution is 6.31. The fourth-order valence-electron chi connectivity index (χ4n) is 2.51. The van der Waals surface area contributed by atoms with E-state index in [9.17, 15) is 0 Å². The first-order chi connectivity index (χ1) is 8.19. The Balaban J connectivity index is 2.51. The van der Waals surface area contributed by atoms with E-state index in [0.29, 0.717) is 11.8 Å². The third kappa shape index (κ3) is 2.22. The number of hydrogen-bond acceptors (Lipinski definition) is 3. The van der Waals surface area contributed by atoms with Gasteiger partial charge in [-0.2, -0.15) is 0 Å². The van der Waals surface area contributed by atoms with Gasteiger partial charge in [-0.05, 0) is 31.9 Å². The Morgan fingerprint density at radius 3 is 2.65 bits per heavy atom. The van der Waals surface area contributed by atoms with Gasteiger partial charge in [0.1, 0.15) is 0 Å². The minimum Gasteiger partial charge on any atom is -0.493 e. The zero-order chi connectivity index (χ0) is 12.4. The molecule has 0 saturated carbocycles. The molecule has 3 nitrogen and oxygen atoms in total. The second-order valence-electron chi connectivity index (χ2n) is 4.28. The summed E-state index contributed by atoms with van der Waals surface area (Å²) < 4.78 is 10.7. The lowest BCUT2D eigenvalue weighted by Gasteiger charge is -2.20. The zero-order valence-corrected chi connectivity index (χ0v) is 11.2. The first kappa shape index (κ1) is 12.5. The highest BCUT2D eigenvalue weighted by Gasteiger charge is 2.24. The molecule has 0 radical (unpaired) electrons. The van der Waals surface area contributed by atoms with Crippen molar-refractivity contribution in [3.8, 4) is 11.5 Å². The molecule has 1 atom stereocenters. The molecule has 0 aliphatic carbocycles. The van der Waals surface area contributed by atoms with Crippen LogP contribution in [0.5, 0.6) is 11.5 Å². The lowest BCUT2D eigenvalue weighted by molar-refractivity contribution is 0.352. The molecule has 1 heterocycles. The number of rotatable bonds is 3. The van der Waals surface area contributed by atoms with Gasteiger partial charge in [0.25, 0.3) is 0 Å². The highest BCUT2D eigenvalue weighted by Crippen LogP contribution is 2.41. The Hall–Kier alpha value is -0.930. The van der Waals surface area contributed by atoms with E-state index in [0.717, 1.165) is 34.9 Å². The molecular weight excluding hydrogens is 238 g/mol. The summed E-state index contributed by atoms with van der Waals surface area (Å²) in [7, 11) is 3.28. The number of ether oxygens (including phenoxy) is 2. The SMILES string of the molecule is COc1cc(Cl)c(C2CCCN2)c(C)c1OC. The summed E-state index contributed by atoms with van der Waals surface area (Å²) in [6.45, 7) is 3.08. The number of hydrogen-bond donors (Lipinski definition) is 1. The van der Waals surface area contributed by atoms with E-state index in [2.05, 4.69) is 5.32 Å². The van der Waals surface area contributed by atoms with Crippen LogP contribution in [-0.2, 0) is 0 Å². The van der Waals surface area contributed by atoms with Gasteiger partial charge in [-0.3, -0.25) is 0 Å². The predicted octanol–water partition coefficient (Wildman–Crippen LogP) is 3.09. The maximum Gasteiger partial charge on any atom is 0.164 e. The van der Waals surface area contributed by atoms with Crippen LogP contribution in [0.25, 0.3) is 0 Å². The second kappa shape index (κ2) is 5.15. The van der Waals surface area contributed by atoms with Crippen LogP contribution >= 0.6 is 11.6 Å². The Labute approximate surface area is 107 Å². The number of nitrogens with one attached hydrogen (secondary N) is 1. The van der Waals surface area contributed by atoms with Crippen molar-refractivity contribution in [1.82, 2.24) is 5.32 Å². The summed E-state index contributed by atoms with van der Waals surface area (Å²) in [6.07, 6.45) is 2.31. The van der Waals surface area contributed by atoms with Crippen molar-refractivity contribution in [2.24, 2.45) is 0 Å². The minimum atomic E-state index is 0.335. The van der Waals surface area contributed by atoms with E-state index in [1.54, 1.807) is 14.2 Å². The molecule has 0 amide bonds. The molecule has 2 rings (SSSR count). The molecule has 0 spiro atoms. The summed E-state index contributed by atoms with van der Waals surface area (Å²) >= 11 is 6.35. The second-order valence-corrected chi connectivity index (χ2v) is 4.69. The normalized spacial score (nSPS) is 19.4. The Morgan fingerprint density at radius 2 is 2.12 bits per heavy atom. The molecule has 1 saturated heterocycles. The van der Waals surface area contributed by atoms with Gasteiger partial charge in [0, 0.05) is 22.7 Å². The molecule has 1 N–H and O–H groups in total. The first-order valence-electron chi connectivity index (χ1n) is 5.83. The number of methoxy groups -OCH3 is 2. The molecule has 17 heavy (non-hydrogen) atoms. The van der Waals surface area contributed by atoms with Gasteiger partial charge in [0.2, 0.25) is 0 Å². The molecule has 0 bridgehead atoms. The van der Waals surface area contributed by atoms with Crippen molar-refractivity contribution >= 4 is 11.6 Å². The van der Waals surface area contributed by atoms with Crippen LogP contribution in [0, 0.1) is 6.92 Å². The quantitative estimate of drug-likeness (QED) is 0.900. The van der Waals surface area contributed by atoms with Gasteiger partial charge < -0.3 is 14.8 Å². The average molecular weight is 256 g/mol. The fraction of sp³-hybridized carbons (Fsp3) is 0.538. The topological polar surface area (TPSA) is 30.5 Å². The van der Waals surface area contributed by atoms with E-state index >= 15 is 0 Å². The molecule has 1 fully saturated rings. The van der Waals surface area contributed by atoms with Crippen LogP contribution in [-0.4, -0.2) is 20.8 Å². The monoisotopic (exact) mass is 255 g/mol. The lowest BCUT2D eigenvalue weighted by atomic mass is 9.98. The largest absolute Gasteiger partial charge is 0.493 e. The third-order valence-electron chi connectivity index (χ3n) is 3.32. The summed E-state index contributed by atoms with van der Waals surface area (Å²) in [5.74, 6) is 1.47. The predicted molar refractivity (Wildman–Crippen MR) is 69.3 cm³/mol. The van der Waals surface area contributed by atoms with E-state index in [1.165, 1.54) is 6.42 Å². The molecule has 1 aliphatic heterocycles. The van der Waals surface area contributed by atoms with E-state index in [4.69, 9.17) is 21.1 Å². The molecule has 94 valence electrons. The number of benzene rings is 1. The minimum absolute atomic E-state index is 0.335. The standard InChI is InChI=1S/C13H18ClNO2/c1-8-12(10-5-4-6-15-10)9(14)7-11(16-2)13(8)17-3/h7,10,15H,4-6H2,1-3H3.